The number of aryl methyl sites for hydroxylation is 1. The van der Waals surface area contributed by atoms with E-state index in [2.05, 4.69) is 21.9 Å². The number of ether oxygens (including phenoxy) is 4. The van der Waals surface area contributed by atoms with Gasteiger partial charge in [-0.25, -0.2) is 4.98 Å². The predicted molar refractivity (Wildman–Crippen MR) is 106 cm³/mol. The molecule has 0 saturated heterocycles. The van der Waals surface area contributed by atoms with E-state index < -0.39 is 0 Å². The van der Waals surface area contributed by atoms with E-state index in [1.165, 1.54) is 0 Å². The molecule has 0 radical (unpaired) electrons. The maximum Gasteiger partial charge on any atom is 0.298 e. The van der Waals surface area contributed by atoms with Crippen LogP contribution in [0, 0.1) is 0 Å². The van der Waals surface area contributed by atoms with Crippen LogP contribution in [0.3, 0.4) is 0 Å². The Morgan fingerprint density at radius 1 is 0.964 bits per heavy atom. The minimum absolute atomic E-state index is 0.177. The van der Waals surface area contributed by atoms with Crippen molar-refractivity contribution in [3.8, 4) is 28.9 Å². The third-order valence-electron chi connectivity index (χ3n) is 4.77. The highest BCUT2D eigenvalue weighted by atomic mass is 16.5. The first-order valence-corrected chi connectivity index (χ1v) is 9.18. The number of pyridine rings is 2. The Bertz CT molecular complexity index is 937. The van der Waals surface area contributed by atoms with E-state index in [-0.39, 0.29) is 6.10 Å². The first-order chi connectivity index (χ1) is 13.7. The fourth-order valence-corrected chi connectivity index (χ4v) is 3.23. The standard InChI is InChI=1S/C20H26N4O4/c1-6-13(25-2)10-12-24-18-17(23-20(24)28-5)14(9-11-21-18)15-7-8-16(26-3)22-19(15)27-4/h7-9,11,13H,6,10,12H2,1-5H3. The summed E-state index contributed by atoms with van der Waals surface area (Å²) >= 11 is 0. The average molecular weight is 386 g/mol. The summed E-state index contributed by atoms with van der Waals surface area (Å²) in [5, 5.41) is 0. The van der Waals surface area contributed by atoms with E-state index in [0.29, 0.717) is 24.3 Å². The summed E-state index contributed by atoms with van der Waals surface area (Å²) in [7, 11) is 6.50. The zero-order valence-electron chi connectivity index (χ0n) is 16.9. The van der Waals surface area contributed by atoms with E-state index in [0.717, 1.165) is 35.1 Å². The van der Waals surface area contributed by atoms with Crippen molar-refractivity contribution in [2.24, 2.45) is 0 Å². The van der Waals surface area contributed by atoms with Gasteiger partial charge < -0.3 is 18.9 Å². The van der Waals surface area contributed by atoms with E-state index in [1.807, 2.05) is 16.7 Å². The monoisotopic (exact) mass is 386 g/mol. The zero-order chi connectivity index (χ0) is 20.1. The summed E-state index contributed by atoms with van der Waals surface area (Å²) < 4.78 is 23.7. The number of hydrogen-bond acceptors (Lipinski definition) is 7. The zero-order valence-corrected chi connectivity index (χ0v) is 16.9. The second kappa shape index (κ2) is 8.88. The van der Waals surface area contributed by atoms with Crippen LogP contribution in [0.5, 0.6) is 17.8 Å². The molecule has 0 amide bonds. The Kier molecular flexibility index (Phi) is 6.30. The fraction of sp³-hybridized carbons (Fsp3) is 0.450. The molecule has 1 atom stereocenters. The molecule has 0 fully saturated rings. The van der Waals surface area contributed by atoms with Gasteiger partial charge in [0.2, 0.25) is 11.8 Å². The number of methoxy groups -OCH3 is 4. The smallest absolute Gasteiger partial charge is 0.298 e. The second-order valence-corrected chi connectivity index (χ2v) is 6.25. The molecule has 0 aliphatic carbocycles. The van der Waals surface area contributed by atoms with Crippen molar-refractivity contribution in [2.75, 3.05) is 28.4 Å². The molecule has 28 heavy (non-hydrogen) atoms. The van der Waals surface area contributed by atoms with Crippen LogP contribution in [0.25, 0.3) is 22.3 Å². The van der Waals surface area contributed by atoms with Crippen LogP contribution >= 0.6 is 0 Å². The van der Waals surface area contributed by atoms with Gasteiger partial charge in [0.25, 0.3) is 6.01 Å². The molecule has 8 nitrogen and oxygen atoms in total. The number of hydrogen-bond donors (Lipinski definition) is 0. The largest absolute Gasteiger partial charge is 0.481 e. The molecular weight excluding hydrogens is 360 g/mol. The molecular formula is C20H26N4O4. The molecule has 0 bridgehead atoms. The Morgan fingerprint density at radius 2 is 1.79 bits per heavy atom. The lowest BCUT2D eigenvalue weighted by molar-refractivity contribution is 0.0878. The molecule has 150 valence electrons. The van der Waals surface area contributed by atoms with Gasteiger partial charge >= 0.3 is 0 Å². The highest BCUT2D eigenvalue weighted by Gasteiger charge is 2.20. The van der Waals surface area contributed by atoms with Crippen LogP contribution in [0.2, 0.25) is 0 Å². The Hall–Kier alpha value is -2.87. The van der Waals surface area contributed by atoms with Crippen molar-refractivity contribution in [2.45, 2.75) is 32.4 Å². The predicted octanol–water partition coefficient (Wildman–Crippen LogP) is 3.33. The molecule has 0 spiro atoms. The third kappa shape index (κ3) is 3.73. The van der Waals surface area contributed by atoms with Gasteiger partial charge in [0.15, 0.2) is 5.65 Å². The molecule has 8 heteroatoms. The van der Waals surface area contributed by atoms with Crippen molar-refractivity contribution in [3.63, 3.8) is 0 Å². The van der Waals surface area contributed by atoms with Gasteiger partial charge in [-0.15, -0.1) is 0 Å². The van der Waals surface area contributed by atoms with E-state index in [9.17, 15) is 0 Å². The normalized spacial score (nSPS) is 12.2. The van der Waals surface area contributed by atoms with Crippen LogP contribution in [-0.4, -0.2) is 54.1 Å². The van der Waals surface area contributed by atoms with Gasteiger partial charge in [-0.3, -0.25) is 4.57 Å². The molecule has 0 aliphatic rings. The van der Waals surface area contributed by atoms with E-state index in [4.69, 9.17) is 18.9 Å². The van der Waals surface area contributed by atoms with Gasteiger partial charge in [-0.1, -0.05) is 6.92 Å². The molecule has 1 unspecified atom stereocenters. The molecule has 0 N–H and O–H groups in total. The lowest BCUT2D eigenvalue weighted by Gasteiger charge is -2.14. The number of aromatic nitrogens is 4. The van der Waals surface area contributed by atoms with Crippen molar-refractivity contribution < 1.29 is 18.9 Å². The van der Waals surface area contributed by atoms with Gasteiger partial charge in [0, 0.05) is 37.0 Å². The summed E-state index contributed by atoms with van der Waals surface area (Å²) in [6.45, 7) is 2.80. The van der Waals surface area contributed by atoms with Crippen molar-refractivity contribution in [3.05, 3.63) is 24.4 Å². The maximum absolute atomic E-state index is 5.52. The lowest BCUT2D eigenvalue weighted by Crippen LogP contribution is -2.13. The summed E-state index contributed by atoms with van der Waals surface area (Å²) in [5.74, 6) is 0.949. The van der Waals surface area contributed by atoms with E-state index in [1.54, 1.807) is 40.7 Å². The molecule has 3 rings (SSSR count). The van der Waals surface area contributed by atoms with Crippen LogP contribution in [0.1, 0.15) is 19.8 Å². The van der Waals surface area contributed by atoms with Crippen molar-refractivity contribution in [1.29, 1.82) is 0 Å². The minimum Gasteiger partial charge on any atom is -0.481 e. The topological polar surface area (TPSA) is 80.5 Å². The molecule has 0 aliphatic heterocycles. The Morgan fingerprint density at radius 3 is 2.43 bits per heavy atom. The highest BCUT2D eigenvalue weighted by molar-refractivity contribution is 5.92. The molecule has 3 aromatic heterocycles. The van der Waals surface area contributed by atoms with Gasteiger partial charge in [0.05, 0.1) is 27.4 Å². The van der Waals surface area contributed by atoms with Crippen LogP contribution in [0.4, 0.5) is 0 Å². The molecule has 3 heterocycles. The minimum atomic E-state index is 0.177. The first kappa shape index (κ1) is 19.9. The SMILES string of the molecule is CCC(CCn1c(OC)nc2c(-c3ccc(OC)nc3OC)ccnc21)OC. The van der Waals surface area contributed by atoms with Crippen LogP contribution < -0.4 is 14.2 Å². The third-order valence-corrected chi connectivity index (χ3v) is 4.77. The van der Waals surface area contributed by atoms with Gasteiger partial charge in [-0.05, 0) is 25.0 Å². The molecule has 0 saturated carbocycles. The Balaban J connectivity index is 2.09. The van der Waals surface area contributed by atoms with Crippen LogP contribution in [-0.2, 0) is 11.3 Å². The lowest BCUT2D eigenvalue weighted by atomic mass is 10.1. The average Bonchev–Trinajstić information content (AvgIpc) is 3.11. The summed E-state index contributed by atoms with van der Waals surface area (Å²) in [5.41, 5.74) is 3.16. The maximum atomic E-state index is 5.52. The Labute approximate surface area is 164 Å². The van der Waals surface area contributed by atoms with Crippen molar-refractivity contribution in [1.82, 2.24) is 19.5 Å². The molecule has 0 aromatic carbocycles. The number of imidazole rings is 1. The van der Waals surface area contributed by atoms with Gasteiger partial charge in [0.1, 0.15) is 5.52 Å². The first-order valence-electron chi connectivity index (χ1n) is 9.18. The molecule has 3 aromatic rings. The number of fused-ring (bicyclic) bond motifs is 1. The second-order valence-electron chi connectivity index (χ2n) is 6.25. The fourth-order valence-electron chi connectivity index (χ4n) is 3.23. The van der Waals surface area contributed by atoms with Crippen molar-refractivity contribution >= 4 is 11.2 Å². The number of nitrogens with zero attached hydrogens (tertiary/aromatic N) is 4. The quantitative estimate of drug-likeness (QED) is 0.558. The highest BCUT2D eigenvalue weighted by Crippen LogP contribution is 2.35. The summed E-state index contributed by atoms with van der Waals surface area (Å²) in [4.78, 5) is 13.6. The number of rotatable bonds is 9. The summed E-state index contributed by atoms with van der Waals surface area (Å²) in [6.07, 6.45) is 3.72. The van der Waals surface area contributed by atoms with Gasteiger partial charge in [-0.2, -0.15) is 9.97 Å². The summed E-state index contributed by atoms with van der Waals surface area (Å²) in [6, 6.07) is 6.11. The van der Waals surface area contributed by atoms with E-state index >= 15 is 0 Å². The van der Waals surface area contributed by atoms with Crippen LogP contribution in [0.15, 0.2) is 24.4 Å².